The molecule has 0 aromatic heterocycles. The second kappa shape index (κ2) is 12.8. The molecule has 11 nitrogen and oxygen atoms in total. The molecular formula is C22H26ClNO10S. The largest absolute Gasteiger partial charge is 0.463 e. The van der Waals surface area contributed by atoms with Gasteiger partial charge in [0.15, 0.2) is 18.3 Å². The van der Waals surface area contributed by atoms with Crippen molar-refractivity contribution in [3.8, 4) is 0 Å². The van der Waals surface area contributed by atoms with Gasteiger partial charge in [0.25, 0.3) is 0 Å². The Bertz CT molecular complexity index is 987. The normalized spacial score (nSPS) is 23.5. The summed E-state index contributed by atoms with van der Waals surface area (Å²) in [5.41, 5.74) is -0.674. The standard InChI is InChI=1S/C22H26ClNO10S/c1-10(25)24-16-8-15(23)6-7-18(16)35-22-21(33-14(5)29)20(32-13(4)28)19(31-12(3)27)17(34-22)9-30-11(2)26/h6-8,17,19-22H,9H2,1-5H3,(H,24,25)/t17-,19-,20+,21-,22+/m1/s1. The highest BCUT2D eigenvalue weighted by Gasteiger charge is 2.52. The second-order valence-electron chi connectivity index (χ2n) is 7.51. The summed E-state index contributed by atoms with van der Waals surface area (Å²) in [6.45, 7) is 5.61. The van der Waals surface area contributed by atoms with Crippen LogP contribution in [0.1, 0.15) is 34.6 Å². The Hall–Kier alpha value is -2.83. The minimum atomic E-state index is -1.29. The van der Waals surface area contributed by atoms with E-state index in [-0.39, 0.29) is 12.5 Å². The SMILES string of the molecule is CC(=O)Nc1cc(Cl)ccc1S[C@@H]1O[C@H](COC(C)=O)[C@@H](OC(C)=O)[C@H](OC(C)=O)[C@H]1OC(C)=O. The summed E-state index contributed by atoms with van der Waals surface area (Å²) in [5.74, 6) is -3.13. The average Bonchev–Trinajstić information content (AvgIpc) is 2.71. The van der Waals surface area contributed by atoms with Gasteiger partial charge < -0.3 is 29.0 Å². The molecule has 1 saturated heterocycles. The molecule has 1 amide bonds. The van der Waals surface area contributed by atoms with Gasteiger partial charge in [0.05, 0.1) is 5.69 Å². The van der Waals surface area contributed by atoms with Crippen LogP contribution in [0.4, 0.5) is 5.69 Å². The molecule has 1 heterocycles. The Kier molecular flexibility index (Phi) is 10.3. The van der Waals surface area contributed by atoms with Gasteiger partial charge in [-0.2, -0.15) is 0 Å². The van der Waals surface area contributed by atoms with Gasteiger partial charge >= 0.3 is 23.9 Å². The third-order valence-corrected chi connectivity index (χ3v) is 5.90. The molecule has 0 bridgehead atoms. The second-order valence-corrected chi connectivity index (χ2v) is 9.08. The van der Waals surface area contributed by atoms with Crippen LogP contribution in [0.15, 0.2) is 23.1 Å². The Balaban J connectivity index is 2.53. The molecule has 35 heavy (non-hydrogen) atoms. The van der Waals surface area contributed by atoms with E-state index in [0.29, 0.717) is 15.6 Å². The number of rotatable bonds is 8. The third-order valence-electron chi connectivity index (χ3n) is 4.44. The number of nitrogens with one attached hydrogen (secondary N) is 1. The third kappa shape index (κ3) is 8.71. The summed E-state index contributed by atoms with van der Waals surface area (Å²) in [5, 5.41) is 3.02. The van der Waals surface area contributed by atoms with Crippen LogP contribution in [0, 0.1) is 0 Å². The number of carbonyl (C=O) groups is 5. The molecule has 13 heteroatoms. The maximum atomic E-state index is 11.9. The number of thioether (sulfide) groups is 1. The smallest absolute Gasteiger partial charge is 0.303 e. The minimum absolute atomic E-state index is 0.339. The highest BCUT2D eigenvalue weighted by Crippen LogP contribution is 2.40. The average molecular weight is 532 g/mol. The number of benzene rings is 1. The number of hydrogen-bond acceptors (Lipinski definition) is 11. The fourth-order valence-corrected chi connectivity index (χ4v) is 4.65. The van der Waals surface area contributed by atoms with E-state index in [9.17, 15) is 24.0 Å². The first-order chi connectivity index (χ1) is 16.4. The molecule has 1 fully saturated rings. The number of ether oxygens (including phenoxy) is 5. The van der Waals surface area contributed by atoms with Crippen molar-refractivity contribution in [2.75, 3.05) is 11.9 Å². The van der Waals surface area contributed by atoms with E-state index < -0.39 is 53.7 Å². The van der Waals surface area contributed by atoms with Crippen molar-refractivity contribution in [1.29, 1.82) is 0 Å². The van der Waals surface area contributed by atoms with E-state index >= 15 is 0 Å². The summed E-state index contributed by atoms with van der Waals surface area (Å²) in [6.07, 6.45) is -4.85. The zero-order valence-electron chi connectivity index (χ0n) is 19.7. The maximum Gasteiger partial charge on any atom is 0.303 e. The molecule has 1 aliphatic rings. The maximum absolute atomic E-state index is 11.9. The molecule has 0 aliphatic carbocycles. The van der Waals surface area contributed by atoms with E-state index in [1.807, 2.05) is 0 Å². The Morgan fingerprint density at radius 2 is 1.46 bits per heavy atom. The van der Waals surface area contributed by atoms with E-state index in [4.69, 9.17) is 35.3 Å². The molecule has 1 aromatic carbocycles. The van der Waals surface area contributed by atoms with Crippen LogP contribution in [0.2, 0.25) is 5.02 Å². The Labute approximate surface area is 211 Å². The predicted molar refractivity (Wildman–Crippen MR) is 124 cm³/mol. The summed E-state index contributed by atoms with van der Waals surface area (Å²) in [7, 11) is 0. The van der Waals surface area contributed by atoms with Crippen LogP contribution in [0.5, 0.6) is 0 Å². The predicted octanol–water partition coefficient (Wildman–Crippen LogP) is 2.47. The van der Waals surface area contributed by atoms with Gasteiger partial charge in [-0.1, -0.05) is 23.4 Å². The molecule has 1 aromatic rings. The summed E-state index contributed by atoms with van der Waals surface area (Å²) < 4.78 is 27.3. The van der Waals surface area contributed by atoms with Crippen molar-refractivity contribution in [1.82, 2.24) is 0 Å². The van der Waals surface area contributed by atoms with E-state index in [1.54, 1.807) is 12.1 Å². The van der Waals surface area contributed by atoms with Crippen LogP contribution in [-0.4, -0.2) is 66.2 Å². The van der Waals surface area contributed by atoms with Crippen molar-refractivity contribution in [2.45, 2.75) is 69.4 Å². The first kappa shape index (κ1) is 28.4. The van der Waals surface area contributed by atoms with Gasteiger partial charge in [0, 0.05) is 44.5 Å². The zero-order valence-corrected chi connectivity index (χ0v) is 21.3. The van der Waals surface area contributed by atoms with Gasteiger partial charge in [-0.25, -0.2) is 0 Å². The Morgan fingerprint density at radius 3 is 2.00 bits per heavy atom. The minimum Gasteiger partial charge on any atom is -0.463 e. The highest BCUT2D eigenvalue weighted by atomic mass is 35.5. The van der Waals surface area contributed by atoms with Crippen molar-refractivity contribution in [2.24, 2.45) is 0 Å². The number of halogens is 1. The first-order valence-corrected chi connectivity index (χ1v) is 11.7. The molecule has 5 atom stereocenters. The molecule has 192 valence electrons. The lowest BCUT2D eigenvalue weighted by Crippen LogP contribution is -2.61. The van der Waals surface area contributed by atoms with Crippen LogP contribution in [0.25, 0.3) is 0 Å². The Morgan fingerprint density at radius 1 is 0.886 bits per heavy atom. The monoisotopic (exact) mass is 531 g/mol. The fraction of sp³-hybridized carbons (Fsp3) is 0.500. The summed E-state index contributed by atoms with van der Waals surface area (Å²) in [4.78, 5) is 59.3. The summed E-state index contributed by atoms with van der Waals surface area (Å²) >= 11 is 7.10. The zero-order chi connectivity index (χ0) is 26.3. The quantitative estimate of drug-likeness (QED) is 0.390. The van der Waals surface area contributed by atoms with Gasteiger partial charge in [-0.3, -0.25) is 24.0 Å². The molecule has 0 radical (unpaired) electrons. The lowest BCUT2D eigenvalue weighted by molar-refractivity contribution is -0.237. The van der Waals surface area contributed by atoms with Gasteiger partial charge in [-0.05, 0) is 18.2 Å². The topological polar surface area (TPSA) is 144 Å². The first-order valence-electron chi connectivity index (χ1n) is 10.4. The number of esters is 4. The molecule has 0 spiro atoms. The van der Waals surface area contributed by atoms with Crippen molar-refractivity contribution in [3.05, 3.63) is 23.2 Å². The molecule has 1 N–H and O–H groups in total. The lowest BCUT2D eigenvalue weighted by atomic mass is 9.99. The van der Waals surface area contributed by atoms with E-state index in [2.05, 4.69) is 5.32 Å². The van der Waals surface area contributed by atoms with E-state index in [1.165, 1.54) is 19.9 Å². The number of carbonyl (C=O) groups excluding carboxylic acids is 5. The molecular weight excluding hydrogens is 506 g/mol. The van der Waals surface area contributed by atoms with Crippen LogP contribution in [-0.2, 0) is 47.7 Å². The highest BCUT2D eigenvalue weighted by molar-refractivity contribution is 8.00. The number of hydrogen-bond donors (Lipinski definition) is 1. The fourth-order valence-electron chi connectivity index (χ4n) is 3.30. The molecule has 0 unspecified atom stereocenters. The lowest BCUT2D eigenvalue weighted by Gasteiger charge is -2.44. The van der Waals surface area contributed by atoms with E-state index in [0.717, 1.165) is 32.5 Å². The van der Waals surface area contributed by atoms with Crippen LogP contribution >= 0.6 is 23.4 Å². The van der Waals surface area contributed by atoms with Crippen molar-refractivity contribution >= 4 is 58.8 Å². The molecule has 0 saturated carbocycles. The number of anilines is 1. The molecule has 2 rings (SSSR count). The van der Waals surface area contributed by atoms with Gasteiger partial charge in [0.1, 0.15) is 18.1 Å². The molecule has 1 aliphatic heterocycles. The summed E-state index contributed by atoms with van der Waals surface area (Å²) in [6, 6.07) is 4.73. The van der Waals surface area contributed by atoms with Gasteiger partial charge in [0.2, 0.25) is 5.91 Å². The number of amides is 1. The van der Waals surface area contributed by atoms with Crippen molar-refractivity contribution < 1.29 is 47.7 Å². The van der Waals surface area contributed by atoms with Crippen molar-refractivity contribution in [3.63, 3.8) is 0 Å². The van der Waals surface area contributed by atoms with Gasteiger partial charge in [-0.15, -0.1) is 0 Å². The van der Waals surface area contributed by atoms with Crippen LogP contribution < -0.4 is 5.32 Å². The van der Waals surface area contributed by atoms with Crippen LogP contribution in [0.3, 0.4) is 0 Å².